The number of hydrogen-bond donors (Lipinski definition) is 2. The lowest BCUT2D eigenvalue weighted by Crippen LogP contribution is -2.56. The summed E-state index contributed by atoms with van der Waals surface area (Å²) in [6, 6.07) is 5.23. The molecule has 1 aromatic carbocycles. The average molecular weight is 454 g/mol. The molecule has 0 heterocycles. The van der Waals surface area contributed by atoms with Gasteiger partial charge in [-0.25, -0.2) is 0 Å². The molecule has 2 aliphatic carbocycles. The fourth-order valence-electron chi connectivity index (χ4n) is 5.41. The van der Waals surface area contributed by atoms with E-state index in [0.29, 0.717) is 19.5 Å². The number of benzene rings is 1. The summed E-state index contributed by atoms with van der Waals surface area (Å²) in [6.45, 7) is 8.76. The van der Waals surface area contributed by atoms with Crippen LogP contribution in [0, 0.1) is 23.7 Å². The lowest BCUT2D eigenvalue weighted by molar-refractivity contribution is -0.159. The van der Waals surface area contributed by atoms with Gasteiger partial charge in [-0.1, -0.05) is 32.1 Å². The first-order chi connectivity index (χ1) is 14.9. The molecule has 0 amide bonds. The molecule has 0 aliphatic heterocycles. The number of ether oxygens (including phenoxy) is 1. The maximum atomic E-state index is 12.7. The van der Waals surface area contributed by atoms with E-state index in [1.807, 2.05) is 6.92 Å². The average Bonchev–Trinajstić information content (AvgIpc) is 2.70. The Bertz CT molecular complexity index is 836. The highest BCUT2D eigenvalue weighted by Gasteiger charge is 2.52. The van der Waals surface area contributed by atoms with Crippen LogP contribution < -0.4 is 5.32 Å². The molecule has 32 heavy (non-hydrogen) atoms. The van der Waals surface area contributed by atoms with Crippen molar-refractivity contribution in [2.75, 3.05) is 6.54 Å². The highest BCUT2D eigenvalue weighted by Crippen LogP contribution is 2.51. The van der Waals surface area contributed by atoms with Gasteiger partial charge in [0.2, 0.25) is 0 Å². The number of nitrogens with one attached hydrogen (secondary N) is 1. The Morgan fingerprint density at radius 3 is 2.53 bits per heavy atom. The molecule has 6 atom stereocenters. The second-order valence-corrected chi connectivity index (χ2v) is 9.68. The van der Waals surface area contributed by atoms with Gasteiger partial charge in [0.05, 0.1) is 11.2 Å². The number of rotatable bonds is 6. The van der Waals surface area contributed by atoms with Gasteiger partial charge in [-0.05, 0) is 67.3 Å². The van der Waals surface area contributed by atoms with Crippen LogP contribution >= 0.6 is 0 Å². The molecule has 0 spiro atoms. The van der Waals surface area contributed by atoms with Gasteiger partial charge >= 0.3 is 12.1 Å². The number of carbonyl (C=O) groups is 1. The summed E-state index contributed by atoms with van der Waals surface area (Å²) in [6.07, 6.45) is -0.287. The maximum Gasteiger partial charge on any atom is 0.416 e. The van der Waals surface area contributed by atoms with Crippen LogP contribution in [0.4, 0.5) is 13.2 Å². The van der Waals surface area contributed by atoms with Crippen LogP contribution in [-0.2, 0) is 22.3 Å². The van der Waals surface area contributed by atoms with Gasteiger partial charge in [0.25, 0.3) is 0 Å². The van der Waals surface area contributed by atoms with Gasteiger partial charge in [0.1, 0.15) is 6.10 Å². The Morgan fingerprint density at radius 2 is 1.94 bits per heavy atom. The van der Waals surface area contributed by atoms with Crippen molar-refractivity contribution in [2.24, 2.45) is 23.7 Å². The minimum absolute atomic E-state index is 0.0130. The second kappa shape index (κ2) is 9.56. The smallest absolute Gasteiger partial charge is 0.416 e. The Kier molecular flexibility index (Phi) is 7.40. The lowest BCUT2D eigenvalue weighted by atomic mass is 9.57. The molecule has 0 radical (unpaired) electrons. The SMILES string of the molecule is CC(=O)O[C@@H]1C[C@@]2(O)[C@H](C)CC[C@@H](C(C)CNCc3ccc(C(F)(F)F)cc3)[C@H]2C=C1C. The van der Waals surface area contributed by atoms with Crippen molar-refractivity contribution >= 4 is 5.97 Å². The molecule has 0 bridgehead atoms. The largest absolute Gasteiger partial charge is 0.458 e. The Morgan fingerprint density at radius 1 is 1.28 bits per heavy atom. The molecule has 7 heteroatoms. The molecule has 2 aliphatic rings. The molecule has 0 aromatic heterocycles. The predicted octanol–water partition coefficient (Wildman–Crippen LogP) is 5.11. The molecule has 0 saturated heterocycles. The van der Waals surface area contributed by atoms with E-state index < -0.39 is 17.3 Å². The van der Waals surface area contributed by atoms with E-state index in [9.17, 15) is 23.1 Å². The zero-order valence-corrected chi connectivity index (χ0v) is 19.2. The predicted molar refractivity (Wildman–Crippen MR) is 117 cm³/mol. The first-order valence-electron chi connectivity index (χ1n) is 11.4. The van der Waals surface area contributed by atoms with Crippen LogP contribution in [0.1, 0.15) is 58.1 Å². The molecule has 1 fully saturated rings. The van der Waals surface area contributed by atoms with Crippen molar-refractivity contribution < 1.29 is 27.8 Å². The molecule has 3 rings (SSSR count). The van der Waals surface area contributed by atoms with Crippen LogP contribution in [0.25, 0.3) is 0 Å². The van der Waals surface area contributed by atoms with Crippen molar-refractivity contribution in [1.82, 2.24) is 5.32 Å². The highest BCUT2D eigenvalue weighted by molar-refractivity contribution is 5.66. The summed E-state index contributed by atoms with van der Waals surface area (Å²) in [5, 5.41) is 15.0. The summed E-state index contributed by atoms with van der Waals surface area (Å²) in [4.78, 5) is 11.5. The summed E-state index contributed by atoms with van der Waals surface area (Å²) < 4.78 is 43.6. The summed E-state index contributed by atoms with van der Waals surface area (Å²) >= 11 is 0. The molecule has 1 aromatic rings. The fraction of sp³-hybridized carbons (Fsp3) is 0.640. The van der Waals surface area contributed by atoms with Crippen molar-refractivity contribution in [1.29, 1.82) is 0 Å². The minimum Gasteiger partial charge on any atom is -0.458 e. The number of hydrogen-bond acceptors (Lipinski definition) is 4. The van der Waals surface area contributed by atoms with Crippen LogP contribution in [0.3, 0.4) is 0 Å². The quantitative estimate of drug-likeness (QED) is 0.464. The third-order valence-electron chi connectivity index (χ3n) is 7.40. The first-order valence-corrected chi connectivity index (χ1v) is 11.4. The standard InChI is InChI=1S/C25H34F3NO3/c1-15-11-22-21(10-5-17(3)24(22,31)12-23(15)32-18(4)30)16(2)13-29-14-19-6-8-20(9-7-19)25(26,27)28/h6-9,11,16-17,21-23,29,31H,5,10,12-14H2,1-4H3/t16?,17-,21+,22-,23-,24-/m1/s1. The van der Waals surface area contributed by atoms with Crippen LogP contribution in [-0.4, -0.2) is 29.3 Å². The zero-order valence-electron chi connectivity index (χ0n) is 19.2. The molecule has 1 saturated carbocycles. The van der Waals surface area contributed by atoms with Crippen molar-refractivity contribution in [3.8, 4) is 0 Å². The monoisotopic (exact) mass is 453 g/mol. The number of fused-ring (bicyclic) bond motifs is 1. The maximum absolute atomic E-state index is 12.7. The summed E-state index contributed by atoms with van der Waals surface area (Å²) in [5.74, 6) is 0.289. The van der Waals surface area contributed by atoms with Crippen molar-refractivity contribution in [2.45, 2.75) is 71.4 Å². The van der Waals surface area contributed by atoms with E-state index in [4.69, 9.17) is 4.74 Å². The Labute approximate surface area is 188 Å². The molecular formula is C25H34F3NO3. The van der Waals surface area contributed by atoms with Gasteiger partial charge in [0, 0.05) is 25.8 Å². The van der Waals surface area contributed by atoms with Crippen LogP contribution in [0.5, 0.6) is 0 Å². The second-order valence-electron chi connectivity index (χ2n) is 9.68. The number of alkyl halides is 3. The van der Waals surface area contributed by atoms with Gasteiger partial charge in [-0.3, -0.25) is 4.79 Å². The molecule has 2 N–H and O–H groups in total. The zero-order chi connectivity index (χ0) is 23.7. The van der Waals surface area contributed by atoms with Crippen LogP contribution in [0.2, 0.25) is 0 Å². The number of esters is 1. The van der Waals surface area contributed by atoms with Gasteiger partial charge in [-0.2, -0.15) is 13.2 Å². The normalized spacial score (nSPS) is 31.4. The Balaban J connectivity index is 1.64. The molecule has 178 valence electrons. The molecule has 1 unspecified atom stereocenters. The third kappa shape index (κ3) is 5.37. The van der Waals surface area contributed by atoms with E-state index in [-0.39, 0.29) is 35.7 Å². The van der Waals surface area contributed by atoms with Gasteiger partial charge in [0.15, 0.2) is 0 Å². The van der Waals surface area contributed by atoms with Crippen molar-refractivity contribution in [3.63, 3.8) is 0 Å². The van der Waals surface area contributed by atoms with E-state index >= 15 is 0 Å². The van der Waals surface area contributed by atoms with E-state index in [2.05, 4.69) is 25.2 Å². The van der Waals surface area contributed by atoms with Crippen LogP contribution in [0.15, 0.2) is 35.9 Å². The lowest BCUT2D eigenvalue weighted by Gasteiger charge is -2.53. The summed E-state index contributed by atoms with van der Waals surface area (Å²) in [7, 11) is 0. The van der Waals surface area contributed by atoms with E-state index in [1.54, 1.807) is 0 Å². The Hall–Kier alpha value is -1.86. The summed E-state index contributed by atoms with van der Waals surface area (Å²) in [5.41, 5.74) is 0.233. The minimum atomic E-state index is -4.32. The van der Waals surface area contributed by atoms with Gasteiger partial charge in [-0.15, -0.1) is 0 Å². The van der Waals surface area contributed by atoms with Gasteiger partial charge < -0.3 is 15.2 Å². The van der Waals surface area contributed by atoms with E-state index in [0.717, 1.165) is 36.1 Å². The fourth-order valence-corrected chi connectivity index (χ4v) is 5.41. The topological polar surface area (TPSA) is 58.6 Å². The highest BCUT2D eigenvalue weighted by atomic mass is 19.4. The molecule has 4 nitrogen and oxygen atoms in total. The number of aliphatic hydroxyl groups is 1. The first kappa shape index (κ1) is 24.8. The third-order valence-corrected chi connectivity index (χ3v) is 7.40. The van der Waals surface area contributed by atoms with E-state index in [1.165, 1.54) is 19.1 Å². The number of halogens is 3. The molecular weight excluding hydrogens is 419 g/mol. The van der Waals surface area contributed by atoms with Crippen molar-refractivity contribution in [3.05, 3.63) is 47.0 Å². The number of carbonyl (C=O) groups excluding carboxylic acids is 1.